The van der Waals surface area contributed by atoms with Crippen LogP contribution in [0.15, 0.2) is 0 Å². The second-order valence-electron chi connectivity index (χ2n) is 6.54. The number of carbonyl (C=O) groups is 1. The van der Waals surface area contributed by atoms with Crippen molar-refractivity contribution in [2.45, 2.75) is 52.9 Å². The van der Waals surface area contributed by atoms with Gasteiger partial charge in [-0.1, -0.05) is 27.2 Å². The van der Waals surface area contributed by atoms with E-state index in [1.54, 1.807) is 0 Å². The number of hydrogen-bond acceptors (Lipinski definition) is 4. The molecule has 0 spiro atoms. The monoisotopic (exact) mass is 288 g/mol. The van der Waals surface area contributed by atoms with Crippen LogP contribution in [0.3, 0.4) is 0 Å². The zero-order chi connectivity index (χ0) is 14.3. The van der Waals surface area contributed by atoms with Gasteiger partial charge in [-0.15, -0.1) is 0 Å². The van der Waals surface area contributed by atoms with Crippen molar-refractivity contribution in [3.05, 3.63) is 0 Å². The lowest BCUT2D eigenvalue weighted by molar-refractivity contribution is -0.131. The molecule has 0 aromatic rings. The molecule has 2 bridgehead atoms. The topological polar surface area (TPSA) is 60.4 Å². The Morgan fingerprint density at radius 1 is 1.37 bits per heavy atom. The van der Waals surface area contributed by atoms with Crippen LogP contribution in [0.25, 0.3) is 0 Å². The van der Waals surface area contributed by atoms with Gasteiger partial charge in [-0.05, 0) is 30.6 Å². The maximum absolute atomic E-state index is 12.2. The molecule has 0 radical (unpaired) electrons. The molecule has 0 N–H and O–H groups in total. The Labute approximate surface area is 116 Å². The van der Waals surface area contributed by atoms with E-state index < -0.39 is 15.5 Å². The molecule has 0 amide bonds. The minimum absolute atomic E-state index is 0.0430. The molecule has 110 valence electrons. The first-order valence-corrected chi connectivity index (χ1v) is 8.73. The largest absolute Gasteiger partial charge is 0.299 e. The molecule has 0 aromatic carbocycles. The molecule has 0 aliphatic heterocycles. The van der Waals surface area contributed by atoms with Crippen LogP contribution in [0.5, 0.6) is 0 Å². The summed E-state index contributed by atoms with van der Waals surface area (Å²) >= 11 is 0. The first kappa shape index (κ1) is 15.0. The van der Waals surface area contributed by atoms with Crippen molar-refractivity contribution in [3.63, 3.8) is 0 Å². The molecule has 2 aliphatic rings. The number of hydrogen-bond donors (Lipinski definition) is 0. The highest BCUT2D eigenvalue weighted by molar-refractivity contribution is 7.86. The molecule has 5 heteroatoms. The average molecular weight is 288 g/mol. The summed E-state index contributed by atoms with van der Waals surface area (Å²) in [5.74, 6) is 0.638. The zero-order valence-electron chi connectivity index (χ0n) is 12.1. The third-order valence-electron chi connectivity index (χ3n) is 5.37. The van der Waals surface area contributed by atoms with E-state index in [2.05, 4.69) is 13.8 Å². The zero-order valence-corrected chi connectivity index (χ0v) is 12.9. The van der Waals surface area contributed by atoms with E-state index >= 15 is 0 Å². The van der Waals surface area contributed by atoms with E-state index in [4.69, 9.17) is 4.18 Å². The van der Waals surface area contributed by atoms with Gasteiger partial charge in [0.1, 0.15) is 5.78 Å². The van der Waals surface area contributed by atoms with Gasteiger partial charge < -0.3 is 0 Å². The van der Waals surface area contributed by atoms with Gasteiger partial charge in [-0.25, -0.2) is 0 Å². The van der Waals surface area contributed by atoms with Gasteiger partial charge in [0, 0.05) is 6.42 Å². The lowest BCUT2D eigenvalue weighted by Crippen LogP contribution is -2.41. The molecule has 2 saturated carbocycles. The molecule has 2 rings (SSSR count). The Balaban J connectivity index is 2.08. The summed E-state index contributed by atoms with van der Waals surface area (Å²) in [5, 5.41) is 0. The maximum Gasteiger partial charge on any atom is 0.267 e. The van der Waals surface area contributed by atoms with E-state index in [0.29, 0.717) is 18.8 Å². The Hall–Kier alpha value is -0.420. The van der Waals surface area contributed by atoms with Gasteiger partial charge >= 0.3 is 0 Å². The van der Waals surface area contributed by atoms with Crippen molar-refractivity contribution in [2.24, 2.45) is 16.7 Å². The van der Waals surface area contributed by atoms with E-state index in [1.807, 2.05) is 6.92 Å². The predicted octanol–water partition coefficient (Wildman–Crippen LogP) is 2.53. The summed E-state index contributed by atoms with van der Waals surface area (Å²) in [7, 11) is -3.49. The first-order chi connectivity index (χ1) is 8.75. The van der Waals surface area contributed by atoms with Crippen molar-refractivity contribution >= 4 is 15.9 Å². The molecule has 2 aliphatic carbocycles. The standard InChI is InChI=1S/C14H24O4S/c1-4-5-8-19(16,17)18-10-14-7-6-11(9-12(14)15)13(14,2)3/h11H,4-10H2,1-3H3. The minimum atomic E-state index is -3.49. The molecular formula is C14H24O4S. The summed E-state index contributed by atoms with van der Waals surface area (Å²) in [5.41, 5.74) is -0.707. The maximum atomic E-state index is 12.2. The molecule has 19 heavy (non-hydrogen) atoms. The number of carbonyl (C=O) groups excluding carboxylic acids is 1. The van der Waals surface area contributed by atoms with Crippen LogP contribution in [0.2, 0.25) is 0 Å². The van der Waals surface area contributed by atoms with Crippen molar-refractivity contribution in [1.29, 1.82) is 0 Å². The van der Waals surface area contributed by atoms with Crippen LogP contribution < -0.4 is 0 Å². The van der Waals surface area contributed by atoms with Crippen molar-refractivity contribution in [1.82, 2.24) is 0 Å². The van der Waals surface area contributed by atoms with E-state index in [0.717, 1.165) is 19.3 Å². The lowest BCUT2D eigenvalue weighted by atomic mass is 9.69. The third kappa shape index (κ3) is 2.35. The molecule has 2 fully saturated rings. The molecular weight excluding hydrogens is 264 g/mol. The predicted molar refractivity (Wildman–Crippen MR) is 73.2 cm³/mol. The fourth-order valence-corrected chi connectivity index (χ4v) is 4.82. The van der Waals surface area contributed by atoms with Gasteiger partial charge in [0.2, 0.25) is 0 Å². The van der Waals surface area contributed by atoms with Crippen LogP contribution in [-0.2, 0) is 19.1 Å². The quantitative estimate of drug-likeness (QED) is 0.705. The number of ketones is 1. The summed E-state index contributed by atoms with van der Waals surface area (Å²) in [6.07, 6.45) is 3.80. The Morgan fingerprint density at radius 2 is 2.05 bits per heavy atom. The van der Waals surface area contributed by atoms with Crippen molar-refractivity contribution in [2.75, 3.05) is 12.4 Å². The highest BCUT2D eigenvalue weighted by Gasteiger charge is 2.64. The molecule has 2 atom stereocenters. The second-order valence-corrected chi connectivity index (χ2v) is 8.30. The van der Waals surface area contributed by atoms with Gasteiger partial charge in [0.05, 0.1) is 17.8 Å². The first-order valence-electron chi connectivity index (χ1n) is 7.15. The SMILES string of the molecule is CCCCS(=O)(=O)OCC12CCC(CC1=O)C2(C)C. The lowest BCUT2D eigenvalue weighted by Gasteiger charge is -2.35. The van der Waals surface area contributed by atoms with E-state index in [9.17, 15) is 13.2 Å². The number of unbranched alkanes of at least 4 members (excludes halogenated alkanes) is 1. The Bertz CT molecular complexity index is 466. The fourth-order valence-electron chi connectivity index (χ4n) is 3.68. The fraction of sp³-hybridized carbons (Fsp3) is 0.929. The molecule has 0 saturated heterocycles. The molecule has 0 heterocycles. The smallest absolute Gasteiger partial charge is 0.267 e. The minimum Gasteiger partial charge on any atom is -0.299 e. The summed E-state index contributed by atoms with van der Waals surface area (Å²) < 4.78 is 28.8. The summed E-state index contributed by atoms with van der Waals surface area (Å²) in [4.78, 5) is 12.2. The number of rotatable bonds is 6. The Morgan fingerprint density at radius 3 is 2.53 bits per heavy atom. The highest BCUT2D eigenvalue weighted by Crippen LogP contribution is 2.63. The second kappa shape index (κ2) is 4.85. The van der Waals surface area contributed by atoms with Crippen LogP contribution in [0, 0.1) is 16.7 Å². The molecule has 0 aromatic heterocycles. The summed E-state index contributed by atoms with van der Waals surface area (Å²) in [6, 6.07) is 0. The van der Waals surface area contributed by atoms with Crippen LogP contribution in [0.4, 0.5) is 0 Å². The van der Waals surface area contributed by atoms with Gasteiger partial charge in [0.15, 0.2) is 0 Å². The third-order valence-corrected chi connectivity index (χ3v) is 6.64. The number of Topliss-reactive ketones (excluding diaryl/α,β-unsaturated/α-hetero) is 1. The molecule has 2 unspecified atom stereocenters. The summed E-state index contributed by atoms with van der Waals surface area (Å²) in [6.45, 7) is 6.15. The Kier molecular flexibility index (Phi) is 3.82. The van der Waals surface area contributed by atoms with Crippen molar-refractivity contribution in [3.8, 4) is 0 Å². The van der Waals surface area contributed by atoms with Crippen LogP contribution in [-0.4, -0.2) is 26.6 Å². The average Bonchev–Trinajstić information content (AvgIpc) is 2.68. The van der Waals surface area contributed by atoms with E-state index in [-0.39, 0.29) is 23.6 Å². The number of fused-ring (bicyclic) bond motifs is 2. The van der Waals surface area contributed by atoms with Gasteiger partial charge in [-0.2, -0.15) is 8.42 Å². The van der Waals surface area contributed by atoms with Crippen LogP contribution in [0.1, 0.15) is 52.9 Å². The normalized spacial score (nSPS) is 33.0. The molecule has 4 nitrogen and oxygen atoms in total. The van der Waals surface area contributed by atoms with E-state index in [1.165, 1.54) is 0 Å². The van der Waals surface area contributed by atoms with Crippen molar-refractivity contribution < 1.29 is 17.4 Å². The van der Waals surface area contributed by atoms with Crippen LogP contribution >= 0.6 is 0 Å². The highest BCUT2D eigenvalue weighted by atomic mass is 32.2. The van der Waals surface area contributed by atoms with Gasteiger partial charge in [0.25, 0.3) is 10.1 Å². The van der Waals surface area contributed by atoms with Gasteiger partial charge in [-0.3, -0.25) is 8.98 Å².